The quantitative estimate of drug-likeness (QED) is 0.485. The van der Waals surface area contributed by atoms with Crippen molar-refractivity contribution in [1.82, 2.24) is 0 Å². The zero-order chi connectivity index (χ0) is 18.4. The van der Waals surface area contributed by atoms with E-state index in [0.29, 0.717) is 6.54 Å². The van der Waals surface area contributed by atoms with Gasteiger partial charge in [0.05, 0.1) is 0 Å². The molecule has 0 radical (unpaired) electrons. The Morgan fingerprint density at radius 1 is 1.08 bits per heavy atom. The molecule has 1 atom stereocenters. The first kappa shape index (κ1) is 18.9. The summed E-state index contributed by atoms with van der Waals surface area (Å²) in [5.41, 5.74) is -0.0756. The molecule has 3 rings (SSSR count). The maximum absolute atomic E-state index is 14.1. The van der Waals surface area contributed by atoms with Crippen molar-refractivity contribution in [2.24, 2.45) is 0 Å². The van der Waals surface area contributed by atoms with Gasteiger partial charge in [0.2, 0.25) is 0 Å². The first-order valence-corrected chi connectivity index (χ1v) is 9.22. The van der Waals surface area contributed by atoms with Gasteiger partial charge in [-0.1, -0.05) is 45.2 Å². The van der Waals surface area contributed by atoms with Gasteiger partial charge in [-0.05, 0) is 54.8 Å². The van der Waals surface area contributed by atoms with Crippen LogP contribution in [0, 0.1) is 6.92 Å². The van der Waals surface area contributed by atoms with E-state index < -0.39 is 11.6 Å². The molecule has 1 unspecified atom stereocenters. The van der Waals surface area contributed by atoms with Gasteiger partial charge in [0.1, 0.15) is 5.41 Å². The number of benzene rings is 2. The van der Waals surface area contributed by atoms with Crippen molar-refractivity contribution in [2.75, 3.05) is 18.0 Å². The monoisotopic (exact) mass is 451 g/mol. The summed E-state index contributed by atoms with van der Waals surface area (Å²) in [6, 6.07) is 9.78. The molecule has 1 nitrogen and oxygen atoms in total. The minimum atomic E-state index is -4.41. The van der Waals surface area contributed by atoms with Crippen molar-refractivity contribution in [3.8, 4) is 0 Å². The standard InChI is InChI=1S/C18H15BrCl2F3N/c1-11-2-3-15(9-16(11)19)25-5-4-17(10-25,18(22,23)24)12-6-13(20)8-14(21)7-12/h2-3,6-9H,4-5,10H2,1H3. The van der Waals surface area contributed by atoms with Crippen LogP contribution in [0.3, 0.4) is 0 Å². The van der Waals surface area contributed by atoms with Crippen molar-refractivity contribution >= 4 is 44.8 Å². The number of alkyl halides is 3. The van der Waals surface area contributed by atoms with Crippen LogP contribution >= 0.6 is 39.1 Å². The van der Waals surface area contributed by atoms with E-state index in [1.54, 1.807) is 4.90 Å². The van der Waals surface area contributed by atoms with Gasteiger partial charge in [0.15, 0.2) is 0 Å². The molecule has 0 spiro atoms. The number of hydrogen-bond acceptors (Lipinski definition) is 1. The highest BCUT2D eigenvalue weighted by atomic mass is 79.9. The molecule has 25 heavy (non-hydrogen) atoms. The molecule has 0 aliphatic carbocycles. The smallest absolute Gasteiger partial charge is 0.370 e. The van der Waals surface area contributed by atoms with Crippen LogP contribution in [0.5, 0.6) is 0 Å². The van der Waals surface area contributed by atoms with Crippen LogP contribution in [-0.2, 0) is 5.41 Å². The molecule has 0 amide bonds. The third-order valence-electron chi connectivity index (χ3n) is 4.75. The second kappa shape index (κ2) is 6.67. The molecule has 1 aliphatic rings. The van der Waals surface area contributed by atoms with Crippen molar-refractivity contribution in [3.05, 3.63) is 62.0 Å². The molecular weight excluding hydrogens is 438 g/mol. The molecule has 7 heteroatoms. The Morgan fingerprint density at radius 3 is 2.28 bits per heavy atom. The van der Waals surface area contributed by atoms with E-state index in [-0.39, 0.29) is 28.6 Å². The topological polar surface area (TPSA) is 3.24 Å². The summed E-state index contributed by atoms with van der Waals surface area (Å²) in [5, 5.41) is 0.422. The molecular formula is C18H15BrCl2F3N. The highest BCUT2D eigenvalue weighted by molar-refractivity contribution is 9.10. The fourth-order valence-electron chi connectivity index (χ4n) is 3.27. The Balaban J connectivity index is 2.03. The Labute approximate surface area is 162 Å². The van der Waals surface area contributed by atoms with Crippen LogP contribution in [0.4, 0.5) is 18.9 Å². The average Bonchev–Trinajstić information content (AvgIpc) is 2.95. The molecule has 1 aliphatic heterocycles. The summed E-state index contributed by atoms with van der Waals surface area (Å²) in [6.07, 6.45) is -4.45. The summed E-state index contributed by atoms with van der Waals surface area (Å²) in [7, 11) is 0. The molecule has 1 fully saturated rings. The van der Waals surface area contributed by atoms with Gasteiger partial charge in [-0.2, -0.15) is 13.2 Å². The largest absolute Gasteiger partial charge is 0.400 e. The lowest BCUT2D eigenvalue weighted by atomic mass is 9.79. The minimum Gasteiger partial charge on any atom is -0.370 e. The van der Waals surface area contributed by atoms with Crippen LogP contribution in [-0.4, -0.2) is 19.3 Å². The molecule has 1 saturated heterocycles. The molecule has 2 aromatic rings. The van der Waals surface area contributed by atoms with Crippen molar-refractivity contribution < 1.29 is 13.2 Å². The van der Waals surface area contributed by atoms with Crippen LogP contribution in [0.2, 0.25) is 10.0 Å². The van der Waals surface area contributed by atoms with Gasteiger partial charge in [0, 0.05) is 33.3 Å². The maximum atomic E-state index is 14.1. The third-order valence-corrected chi connectivity index (χ3v) is 6.04. The first-order chi connectivity index (χ1) is 11.6. The fourth-order valence-corrected chi connectivity index (χ4v) is 4.16. The van der Waals surface area contributed by atoms with E-state index in [1.807, 2.05) is 25.1 Å². The summed E-state index contributed by atoms with van der Waals surface area (Å²) in [4.78, 5) is 1.76. The van der Waals surface area contributed by atoms with Crippen molar-refractivity contribution in [2.45, 2.75) is 24.9 Å². The average molecular weight is 453 g/mol. The van der Waals surface area contributed by atoms with Crippen molar-refractivity contribution in [1.29, 1.82) is 0 Å². The Bertz CT molecular complexity index is 789. The van der Waals surface area contributed by atoms with Crippen LogP contribution < -0.4 is 4.90 Å². The first-order valence-electron chi connectivity index (χ1n) is 7.67. The molecule has 0 aromatic heterocycles. The Kier molecular flexibility index (Phi) is 5.04. The van der Waals surface area contributed by atoms with Gasteiger partial charge in [-0.25, -0.2) is 0 Å². The zero-order valence-electron chi connectivity index (χ0n) is 13.3. The molecule has 134 valence electrons. The number of rotatable bonds is 2. The highest BCUT2D eigenvalue weighted by Gasteiger charge is 2.59. The SMILES string of the molecule is Cc1ccc(N2CCC(c3cc(Cl)cc(Cl)c3)(C(F)(F)F)C2)cc1Br. The summed E-state index contributed by atoms with van der Waals surface area (Å²) >= 11 is 15.4. The lowest BCUT2D eigenvalue weighted by Crippen LogP contribution is -2.44. The molecule has 0 saturated carbocycles. The van der Waals surface area contributed by atoms with Crippen LogP contribution in [0.1, 0.15) is 17.5 Å². The van der Waals surface area contributed by atoms with E-state index in [2.05, 4.69) is 15.9 Å². The number of hydrogen-bond donors (Lipinski definition) is 0. The van der Waals surface area contributed by atoms with E-state index >= 15 is 0 Å². The van der Waals surface area contributed by atoms with Crippen LogP contribution in [0.25, 0.3) is 0 Å². The molecule has 1 heterocycles. The number of halogens is 6. The van der Waals surface area contributed by atoms with Crippen LogP contribution in [0.15, 0.2) is 40.9 Å². The maximum Gasteiger partial charge on any atom is 0.400 e. The summed E-state index contributed by atoms with van der Waals surface area (Å²) < 4.78 is 43.1. The van der Waals surface area contributed by atoms with Crippen molar-refractivity contribution in [3.63, 3.8) is 0 Å². The Hall–Kier alpha value is -0.910. The van der Waals surface area contributed by atoms with E-state index in [1.165, 1.54) is 18.2 Å². The van der Waals surface area contributed by atoms with Gasteiger partial charge in [0.25, 0.3) is 0 Å². The summed E-state index contributed by atoms with van der Waals surface area (Å²) in [5.74, 6) is 0. The Morgan fingerprint density at radius 2 is 1.72 bits per heavy atom. The fraction of sp³-hybridized carbons (Fsp3) is 0.333. The highest BCUT2D eigenvalue weighted by Crippen LogP contribution is 2.49. The van der Waals surface area contributed by atoms with E-state index in [0.717, 1.165) is 15.7 Å². The van der Waals surface area contributed by atoms with Gasteiger partial charge < -0.3 is 4.90 Å². The predicted molar refractivity (Wildman–Crippen MR) is 99.9 cm³/mol. The van der Waals surface area contributed by atoms with E-state index in [4.69, 9.17) is 23.2 Å². The predicted octanol–water partition coefficient (Wildman–Crippen LogP) is 6.77. The zero-order valence-corrected chi connectivity index (χ0v) is 16.4. The third kappa shape index (κ3) is 3.51. The lowest BCUT2D eigenvalue weighted by Gasteiger charge is -2.33. The molecule has 2 aromatic carbocycles. The minimum absolute atomic E-state index is 0.0430. The van der Waals surface area contributed by atoms with Gasteiger partial charge in [-0.15, -0.1) is 0 Å². The second-order valence-corrected chi connectivity index (χ2v) is 8.07. The second-order valence-electron chi connectivity index (χ2n) is 6.34. The van der Waals surface area contributed by atoms with Gasteiger partial charge >= 0.3 is 6.18 Å². The summed E-state index contributed by atoms with van der Waals surface area (Å²) in [6.45, 7) is 2.08. The molecule has 0 N–H and O–H groups in total. The number of aryl methyl sites for hydroxylation is 1. The lowest BCUT2D eigenvalue weighted by molar-refractivity contribution is -0.184. The van der Waals surface area contributed by atoms with E-state index in [9.17, 15) is 13.2 Å². The van der Waals surface area contributed by atoms with Gasteiger partial charge in [-0.3, -0.25) is 0 Å². The number of nitrogens with zero attached hydrogens (tertiary/aromatic N) is 1. The normalized spacial score (nSPS) is 21.0. The number of anilines is 1. The molecule has 0 bridgehead atoms.